The number of hydrogen-bond acceptors (Lipinski definition) is 3. The number of aliphatic carboxylic acids is 1. The lowest BCUT2D eigenvalue weighted by molar-refractivity contribution is -0.136. The van der Waals surface area contributed by atoms with Crippen molar-refractivity contribution in [2.24, 2.45) is 0 Å². The van der Waals surface area contributed by atoms with Gasteiger partial charge in [0.25, 0.3) is 0 Å². The molecule has 19 heavy (non-hydrogen) atoms. The van der Waals surface area contributed by atoms with Gasteiger partial charge in [-0.15, -0.1) is 5.92 Å². The molecular weight excluding hydrogens is 242 g/mol. The van der Waals surface area contributed by atoms with Crippen molar-refractivity contribution in [2.75, 3.05) is 13.1 Å². The number of nitrogens with zero attached hydrogens (tertiary/aromatic N) is 3. The van der Waals surface area contributed by atoms with Crippen LogP contribution in [0.3, 0.4) is 0 Å². The number of rotatable bonds is 4. The molecule has 1 aromatic rings. The van der Waals surface area contributed by atoms with E-state index in [1.807, 2.05) is 17.7 Å². The van der Waals surface area contributed by atoms with Crippen molar-refractivity contribution in [3.8, 4) is 11.8 Å². The third kappa shape index (κ3) is 3.83. The van der Waals surface area contributed by atoms with Gasteiger partial charge in [-0.2, -0.15) is 5.10 Å². The zero-order valence-electron chi connectivity index (χ0n) is 11.2. The van der Waals surface area contributed by atoms with Crippen LogP contribution in [0.15, 0.2) is 6.07 Å². The molecular formula is C14H19N3O2. The van der Waals surface area contributed by atoms with Crippen LogP contribution >= 0.6 is 0 Å². The molecule has 2 heterocycles. The number of aromatic nitrogens is 2. The Morgan fingerprint density at radius 3 is 3.05 bits per heavy atom. The van der Waals surface area contributed by atoms with Gasteiger partial charge in [0.05, 0.1) is 30.9 Å². The molecule has 1 N–H and O–H groups in total. The predicted molar refractivity (Wildman–Crippen MR) is 71.5 cm³/mol. The second-order valence-electron chi connectivity index (χ2n) is 4.66. The Balaban J connectivity index is 1.94. The van der Waals surface area contributed by atoms with Crippen LogP contribution in [0, 0.1) is 11.8 Å². The maximum Gasteiger partial charge on any atom is 0.303 e. The first-order valence-corrected chi connectivity index (χ1v) is 6.64. The maximum atomic E-state index is 10.6. The van der Waals surface area contributed by atoms with Gasteiger partial charge < -0.3 is 5.11 Å². The molecule has 0 unspecified atom stereocenters. The van der Waals surface area contributed by atoms with Gasteiger partial charge in [0.15, 0.2) is 0 Å². The van der Waals surface area contributed by atoms with Gasteiger partial charge in [0.2, 0.25) is 0 Å². The van der Waals surface area contributed by atoms with Gasteiger partial charge in [0.1, 0.15) is 0 Å². The summed E-state index contributed by atoms with van der Waals surface area (Å²) in [5.74, 6) is 5.45. The Morgan fingerprint density at radius 2 is 2.32 bits per heavy atom. The number of carboxylic acid groups (broad SMARTS) is 1. The molecule has 0 atom stereocenters. The summed E-state index contributed by atoms with van der Waals surface area (Å²) in [4.78, 5) is 12.8. The lowest BCUT2D eigenvalue weighted by atomic mass is 10.2. The number of hydrogen-bond donors (Lipinski definition) is 1. The van der Waals surface area contributed by atoms with Gasteiger partial charge in [-0.1, -0.05) is 12.8 Å². The summed E-state index contributed by atoms with van der Waals surface area (Å²) in [6.07, 6.45) is 1.54. The second kappa shape index (κ2) is 6.39. The van der Waals surface area contributed by atoms with Crippen LogP contribution in [0.1, 0.15) is 31.2 Å². The predicted octanol–water partition coefficient (Wildman–Crippen LogP) is 1.13. The highest BCUT2D eigenvalue weighted by molar-refractivity contribution is 5.66. The molecule has 0 aliphatic carbocycles. The van der Waals surface area contributed by atoms with E-state index in [9.17, 15) is 4.79 Å². The molecule has 1 aliphatic heterocycles. The maximum absolute atomic E-state index is 10.6. The number of aryl methyl sites for hydroxylation is 1. The minimum absolute atomic E-state index is 0.141. The van der Waals surface area contributed by atoms with E-state index in [0.717, 1.165) is 44.0 Å². The average Bonchev–Trinajstić information content (AvgIpc) is 2.79. The Labute approximate surface area is 113 Å². The molecule has 5 nitrogen and oxygen atoms in total. The third-order valence-electron chi connectivity index (χ3n) is 3.13. The molecule has 0 spiro atoms. The van der Waals surface area contributed by atoms with Crippen LogP contribution in [-0.4, -0.2) is 38.8 Å². The molecule has 5 heteroatoms. The fourth-order valence-corrected chi connectivity index (χ4v) is 2.16. The SMILES string of the molecule is CCC#CCN1CCn2nc(CCC(=O)O)cc2C1. The standard InChI is InChI=1S/C14H19N3O2/c1-2-3-4-7-16-8-9-17-13(11-16)10-12(15-17)5-6-14(18)19/h10H,2,5-9,11H2,1H3,(H,18,19). The highest BCUT2D eigenvalue weighted by atomic mass is 16.4. The van der Waals surface area contributed by atoms with E-state index in [1.54, 1.807) is 0 Å². The first-order valence-electron chi connectivity index (χ1n) is 6.64. The third-order valence-corrected chi connectivity index (χ3v) is 3.13. The van der Waals surface area contributed by atoms with Gasteiger partial charge in [-0.25, -0.2) is 0 Å². The van der Waals surface area contributed by atoms with E-state index in [1.165, 1.54) is 0 Å². The monoisotopic (exact) mass is 261 g/mol. The summed E-state index contributed by atoms with van der Waals surface area (Å²) in [6, 6.07) is 2.02. The van der Waals surface area contributed by atoms with Crippen molar-refractivity contribution < 1.29 is 9.90 Å². The van der Waals surface area contributed by atoms with Crippen LogP contribution in [-0.2, 0) is 24.3 Å². The van der Waals surface area contributed by atoms with Gasteiger partial charge in [-0.3, -0.25) is 14.4 Å². The Morgan fingerprint density at radius 1 is 1.47 bits per heavy atom. The summed E-state index contributed by atoms with van der Waals surface area (Å²) in [5.41, 5.74) is 2.03. The van der Waals surface area contributed by atoms with E-state index in [-0.39, 0.29) is 6.42 Å². The molecule has 0 amide bonds. The summed E-state index contributed by atoms with van der Waals surface area (Å²) in [6.45, 7) is 5.50. The fourth-order valence-electron chi connectivity index (χ4n) is 2.16. The molecule has 0 bridgehead atoms. The van der Waals surface area contributed by atoms with Gasteiger partial charge in [-0.05, 0) is 6.07 Å². The molecule has 0 saturated carbocycles. The first-order chi connectivity index (χ1) is 9.19. The molecule has 1 aromatic heterocycles. The van der Waals surface area contributed by atoms with Crippen LogP contribution in [0.2, 0.25) is 0 Å². The van der Waals surface area contributed by atoms with Crippen molar-refractivity contribution in [3.63, 3.8) is 0 Å². The van der Waals surface area contributed by atoms with Gasteiger partial charge >= 0.3 is 5.97 Å². The smallest absolute Gasteiger partial charge is 0.303 e. The second-order valence-corrected chi connectivity index (χ2v) is 4.66. The zero-order chi connectivity index (χ0) is 13.7. The fraction of sp³-hybridized carbons (Fsp3) is 0.571. The van der Waals surface area contributed by atoms with E-state index >= 15 is 0 Å². The quantitative estimate of drug-likeness (QED) is 0.825. The van der Waals surface area contributed by atoms with Crippen molar-refractivity contribution in [1.29, 1.82) is 0 Å². The zero-order valence-corrected chi connectivity index (χ0v) is 11.2. The first kappa shape index (κ1) is 13.6. The molecule has 0 saturated heterocycles. The lowest BCUT2D eigenvalue weighted by Gasteiger charge is -2.25. The Kier molecular flexibility index (Phi) is 4.58. The highest BCUT2D eigenvalue weighted by Crippen LogP contribution is 2.14. The topological polar surface area (TPSA) is 58.4 Å². The summed E-state index contributed by atoms with van der Waals surface area (Å²) in [5, 5.41) is 13.1. The number of carboxylic acids is 1. The van der Waals surface area contributed by atoms with E-state index in [4.69, 9.17) is 5.11 Å². The summed E-state index contributed by atoms with van der Waals surface area (Å²) >= 11 is 0. The van der Waals surface area contributed by atoms with Crippen molar-refractivity contribution in [2.45, 2.75) is 39.3 Å². The number of fused-ring (bicyclic) bond motifs is 1. The van der Waals surface area contributed by atoms with Crippen LogP contribution < -0.4 is 0 Å². The van der Waals surface area contributed by atoms with E-state index < -0.39 is 5.97 Å². The van der Waals surface area contributed by atoms with E-state index in [0.29, 0.717) is 6.42 Å². The van der Waals surface area contributed by atoms with Crippen molar-refractivity contribution in [1.82, 2.24) is 14.7 Å². The van der Waals surface area contributed by atoms with Crippen molar-refractivity contribution >= 4 is 5.97 Å². The normalized spacial score (nSPS) is 14.6. The summed E-state index contributed by atoms with van der Waals surface area (Å²) < 4.78 is 1.99. The minimum Gasteiger partial charge on any atom is -0.481 e. The van der Waals surface area contributed by atoms with Crippen LogP contribution in [0.4, 0.5) is 0 Å². The molecule has 0 radical (unpaired) electrons. The molecule has 0 fully saturated rings. The lowest BCUT2D eigenvalue weighted by Crippen LogP contribution is -2.34. The number of carbonyl (C=O) groups is 1. The van der Waals surface area contributed by atoms with Gasteiger partial charge in [0, 0.05) is 25.9 Å². The molecule has 102 valence electrons. The minimum atomic E-state index is -0.776. The van der Waals surface area contributed by atoms with Crippen molar-refractivity contribution in [3.05, 3.63) is 17.5 Å². The largest absolute Gasteiger partial charge is 0.481 e. The Bertz CT molecular complexity index is 510. The molecule has 1 aliphatic rings. The van der Waals surface area contributed by atoms with E-state index in [2.05, 4.69) is 21.8 Å². The Hall–Kier alpha value is -1.80. The average molecular weight is 261 g/mol. The summed E-state index contributed by atoms with van der Waals surface area (Å²) in [7, 11) is 0. The molecule has 0 aromatic carbocycles. The highest BCUT2D eigenvalue weighted by Gasteiger charge is 2.17. The molecule has 2 rings (SSSR count). The van der Waals surface area contributed by atoms with Crippen LogP contribution in [0.5, 0.6) is 0 Å². The van der Waals surface area contributed by atoms with Crippen LogP contribution in [0.25, 0.3) is 0 Å².